The van der Waals surface area contributed by atoms with E-state index < -0.39 is 4.08 Å². The minimum Gasteiger partial charge on any atom is -0.195 e. The van der Waals surface area contributed by atoms with E-state index in [1.807, 2.05) is 0 Å². The second-order valence-electron chi connectivity index (χ2n) is 0.896. The average molecular weight is 130 g/mol. The molecule has 0 N–H and O–H groups in total. The zero-order valence-electron chi connectivity index (χ0n) is 3.29. The van der Waals surface area contributed by atoms with Crippen molar-refractivity contribution in [3.05, 3.63) is 0 Å². The molecule has 0 heterocycles. The molecule has 7 heavy (non-hydrogen) atoms. The Kier molecular flexibility index (Phi) is 2.01. The molecule has 0 bridgehead atoms. The van der Waals surface area contributed by atoms with Gasteiger partial charge < -0.3 is 0 Å². The van der Waals surface area contributed by atoms with Gasteiger partial charge in [-0.05, 0) is 0 Å². The smallest absolute Gasteiger partial charge is 0.195 e. The topological polar surface area (TPSA) is 47.6 Å². The second kappa shape index (κ2) is 2.11. The highest BCUT2D eigenvalue weighted by Gasteiger charge is 2.16. The van der Waals surface area contributed by atoms with Crippen molar-refractivity contribution in [2.75, 3.05) is 0 Å². The maximum atomic E-state index is 7.97. The minimum atomic E-state index is -1.42. The summed E-state index contributed by atoms with van der Waals surface area (Å²) in [5.41, 5.74) is 0. The summed E-state index contributed by atoms with van der Waals surface area (Å²) >= 11 is 7.06. The molecule has 4 heteroatoms. The molecule has 0 amide bonds. The van der Waals surface area contributed by atoms with Gasteiger partial charge in [-0.15, -0.1) is 25.3 Å². The SMILES string of the molecule is N#CC(S)(S)C#N. The van der Waals surface area contributed by atoms with Crippen LogP contribution in [0.5, 0.6) is 0 Å². The third-order valence-electron chi connectivity index (χ3n) is 0.312. The highest BCUT2D eigenvalue weighted by atomic mass is 32.2. The zero-order chi connectivity index (χ0) is 5.91. The van der Waals surface area contributed by atoms with Crippen molar-refractivity contribution in [3.63, 3.8) is 0 Å². The molecule has 36 valence electrons. The molecule has 0 aliphatic heterocycles. The van der Waals surface area contributed by atoms with Crippen LogP contribution in [0.2, 0.25) is 0 Å². The Hall–Kier alpha value is -0.320. The summed E-state index contributed by atoms with van der Waals surface area (Å²) in [5.74, 6) is 0. The monoisotopic (exact) mass is 130 g/mol. The van der Waals surface area contributed by atoms with Crippen LogP contribution in [-0.2, 0) is 0 Å². The molecule has 0 atom stereocenters. The lowest BCUT2D eigenvalue weighted by molar-refractivity contribution is 1.30. The van der Waals surface area contributed by atoms with E-state index in [1.54, 1.807) is 12.1 Å². The van der Waals surface area contributed by atoms with E-state index in [-0.39, 0.29) is 0 Å². The van der Waals surface area contributed by atoms with E-state index in [2.05, 4.69) is 25.3 Å². The van der Waals surface area contributed by atoms with E-state index in [4.69, 9.17) is 10.5 Å². The van der Waals surface area contributed by atoms with Crippen LogP contribution < -0.4 is 0 Å². The highest BCUT2D eigenvalue weighted by Crippen LogP contribution is 2.14. The van der Waals surface area contributed by atoms with Crippen LogP contribution >= 0.6 is 25.3 Å². The number of thiol groups is 2. The van der Waals surface area contributed by atoms with Gasteiger partial charge in [0.05, 0.1) is 0 Å². The molecular formula is C3H2N2S2. The van der Waals surface area contributed by atoms with Gasteiger partial charge in [0.25, 0.3) is 0 Å². The molecule has 0 saturated carbocycles. The van der Waals surface area contributed by atoms with Crippen LogP contribution in [0.15, 0.2) is 0 Å². The van der Waals surface area contributed by atoms with Crippen molar-refractivity contribution in [1.82, 2.24) is 0 Å². The summed E-state index contributed by atoms with van der Waals surface area (Å²) in [6.07, 6.45) is 0. The van der Waals surface area contributed by atoms with Crippen molar-refractivity contribution in [2.45, 2.75) is 4.08 Å². The molecular weight excluding hydrogens is 128 g/mol. The van der Waals surface area contributed by atoms with E-state index in [0.29, 0.717) is 0 Å². The van der Waals surface area contributed by atoms with Gasteiger partial charge in [-0.25, -0.2) is 0 Å². The van der Waals surface area contributed by atoms with Gasteiger partial charge in [-0.2, -0.15) is 10.5 Å². The Labute approximate surface area is 52.6 Å². The van der Waals surface area contributed by atoms with Crippen LogP contribution in [-0.4, -0.2) is 4.08 Å². The summed E-state index contributed by atoms with van der Waals surface area (Å²) in [6.45, 7) is 0. The predicted octanol–water partition coefficient (Wildman–Crippen LogP) is 0.589. The summed E-state index contributed by atoms with van der Waals surface area (Å²) in [4.78, 5) is 0. The van der Waals surface area contributed by atoms with Crippen LogP contribution in [0.3, 0.4) is 0 Å². The normalized spacial score (nSPS) is 9.14. The number of nitrogens with zero attached hydrogens (tertiary/aromatic N) is 2. The van der Waals surface area contributed by atoms with Crippen molar-refractivity contribution < 1.29 is 0 Å². The van der Waals surface area contributed by atoms with E-state index >= 15 is 0 Å². The molecule has 0 spiro atoms. The summed E-state index contributed by atoms with van der Waals surface area (Å²) < 4.78 is -1.42. The van der Waals surface area contributed by atoms with Crippen LogP contribution in [0.4, 0.5) is 0 Å². The molecule has 0 saturated heterocycles. The number of nitriles is 2. The van der Waals surface area contributed by atoms with Crippen molar-refractivity contribution >= 4 is 25.3 Å². The van der Waals surface area contributed by atoms with Gasteiger partial charge in [0.2, 0.25) is 4.08 Å². The van der Waals surface area contributed by atoms with Gasteiger partial charge in [0, 0.05) is 0 Å². The molecule has 0 aliphatic rings. The summed E-state index contributed by atoms with van der Waals surface area (Å²) in [5, 5.41) is 15.9. The quantitative estimate of drug-likeness (QED) is 0.372. The van der Waals surface area contributed by atoms with Crippen molar-refractivity contribution in [2.24, 2.45) is 0 Å². The van der Waals surface area contributed by atoms with E-state index in [9.17, 15) is 0 Å². The lowest BCUT2D eigenvalue weighted by Crippen LogP contribution is -2.02. The Balaban J connectivity index is 4.00. The van der Waals surface area contributed by atoms with E-state index in [1.165, 1.54) is 0 Å². The molecule has 0 aliphatic carbocycles. The first-order valence-corrected chi connectivity index (χ1v) is 2.29. The van der Waals surface area contributed by atoms with Crippen molar-refractivity contribution in [1.29, 1.82) is 10.5 Å². The van der Waals surface area contributed by atoms with Crippen LogP contribution in [0.1, 0.15) is 0 Å². The fourth-order valence-electron chi connectivity index (χ4n) is 0.0250. The third-order valence-corrected chi connectivity index (χ3v) is 0.712. The average Bonchev–Trinajstić information content (AvgIpc) is 1.68. The molecule has 0 aromatic rings. The molecule has 0 fully saturated rings. The molecule has 0 unspecified atom stereocenters. The molecule has 0 rings (SSSR count). The zero-order valence-corrected chi connectivity index (χ0v) is 5.08. The lowest BCUT2D eigenvalue weighted by atomic mass is 10.5. The fourth-order valence-corrected chi connectivity index (χ4v) is 0.0250. The Morgan fingerprint density at radius 2 is 1.43 bits per heavy atom. The van der Waals surface area contributed by atoms with Crippen LogP contribution in [0, 0.1) is 22.7 Å². The maximum Gasteiger partial charge on any atom is 0.228 e. The molecule has 2 nitrogen and oxygen atoms in total. The highest BCUT2D eigenvalue weighted by molar-refractivity contribution is 8.01. The Bertz CT molecular complexity index is 122. The number of hydrogen-bond donors (Lipinski definition) is 2. The first-order valence-electron chi connectivity index (χ1n) is 1.39. The molecule has 0 radical (unpaired) electrons. The van der Waals surface area contributed by atoms with E-state index in [0.717, 1.165) is 0 Å². The number of hydrogen-bond acceptors (Lipinski definition) is 4. The Morgan fingerprint density at radius 1 is 1.14 bits per heavy atom. The third kappa shape index (κ3) is 2.38. The summed E-state index contributed by atoms with van der Waals surface area (Å²) in [6, 6.07) is 3.12. The predicted molar refractivity (Wildman–Crippen MR) is 31.9 cm³/mol. The fraction of sp³-hybridized carbons (Fsp3) is 0.333. The molecule has 0 aromatic carbocycles. The van der Waals surface area contributed by atoms with Gasteiger partial charge >= 0.3 is 0 Å². The minimum absolute atomic E-state index is 1.42. The van der Waals surface area contributed by atoms with Gasteiger partial charge in [-0.3, -0.25) is 0 Å². The van der Waals surface area contributed by atoms with Gasteiger partial charge in [-0.1, -0.05) is 0 Å². The summed E-state index contributed by atoms with van der Waals surface area (Å²) in [7, 11) is 0. The first-order chi connectivity index (χ1) is 3.12. The second-order valence-corrected chi connectivity index (χ2v) is 2.59. The largest absolute Gasteiger partial charge is 0.228 e. The van der Waals surface area contributed by atoms with Crippen molar-refractivity contribution in [3.8, 4) is 12.1 Å². The number of rotatable bonds is 0. The van der Waals surface area contributed by atoms with Gasteiger partial charge in [0.15, 0.2) is 0 Å². The maximum absolute atomic E-state index is 7.97. The molecule has 0 aromatic heterocycles. The van der Waals surface area contributed by atoms with Crippen LogP contribution in [0.25, 0.3) is 0 Å². The Morgan fingerprint density at radius 3 is 1.43 bits per heavy atom. The lowest BCUT2D eigenvalue weighted by Gasteiger charge is -1.95. The first kappa shape index (κ1) is 6.68. The standard InChI is InChI=1S/C3H2N2S2/c4-1-3(6,7)2-5/h6-7H. The van der Waals surface area contributed by atoms with Gasteiger partial charge in [0.1, 0.15) is 12.1 Å².